The molecule has 2 aromatic carbocycles. The van der Waals surface area contributed by atoms with Gasteiger partial charge in [-0.3, -0.25) is 4.31 Å². The first-order valence-corrected chi connectivity index (χ1v) is 11.3. The summed E-state index contributed by atoms with van der Waals surface area (Å²) in [7, 11) is -7.33. The van der Waals surface area contributed by atoms with Gasteiger partial charge < -0.3 is 0 Å². The van der Waals surface area contributed by atoms with E-state index in [1.54, 1.807) is 12.1 Å². The minimum absolute atomic E-state index is 0.218. The molecule has 1 N–H and O–H groups in total. The van der Waals surface area contributed by atoms with E-state index in [4.69, 9.17) is 0 Å². The number of halogens is 1. The second-order valence-electron chi connectivity index (χ2n) is 6.05. The molecule has 0 saturated carbocycles. The first-order chi connectivity index (χ1) is 12.3. The van der Waals surface area contributed by atoms with Crippen molar-refractivity contribution in [2.75, 3.05) is 23.1 Å². The molecule has 0 aliphatic carbocycles. The Morgan fingerprint density at radius 3 is 2.42 bits per heavy atom. The van der Waals surface area contributed by atoms with Gasteiger partial charge in [-0.05, 0) is 35.7 Å². The molecule has 6 nitrogen and oxygen atoms in total. The van der Waals surface area contributed by atoms with Crippen LogP contribution in [0.15, 0.2) is 48.5 Å². The molecule has 0 spiro atoms. The normalized spacial score (nSPS) is 14.4. The summed E-state index contributed by atoms with van der Waals surface area (Å²) >= 11 is 0. The number of nitrogens with zero attached hydrogens (tertiary/aromatic N) is 1. The summed E-state index contributed by atoms with van der Waals surface area (Å²) in [4.78, 5) is 0. The number of hydrogen-bond donors (Lipinski definition) is 1. The minimum atomic E-state index is -3.71. The number of hydrogen-bond acceptors (Lipinski definition) is 4. The van der Waals surface area contributed by atoms with Crippen LogP contribution >= 0.6 is 0 Å². The lowest BCUT2D eigenvalue weighted by Crippen LogP contribution is -2.37. The van der Waals surface area contributed by atoms with Gasteiger partial charge in [0, 0.05) is 13.1 Å². The Morgan fingerprint density at radius 1 is 1.00 bits per heavy atom. The van der Waals surface area contributed by atoms with E-state index in [-0.39, 0.29) is 18.1 Å². The number of benzene rings is 2. The van der Waals surface area contributed by atoms with Gasteiger partial charge in [0.2, 0.25) is 20.0 Å². The van der Waals surface area contributed by atoms with Crippen LogP contribution in [0.5, 0.6) is 0 Å². The van der Waals surface area contributed by atoms with Gasteiger partial charge in [-0.2, -0.15) is 0 Å². The lowest BCUT2D eigenvalue weighted by molar-refractivity contribution is 0.579. The molecule has 3 rings (SSSR count). The van der Waals surface area contributed by atoms with Gasteiger partial charge in [-0.15, -0.1) is 0 Å². The van der Waals surface area contributed by atoms with Crippen LogP contribution in [-0.4, -0.2) is 35.7 Å². The van der Waals surface area contributed by atoms with Crippen LogP contribution in [0.3, 0.4) is 0 Å². The number of para-hydroxylation sites is 1. The maximum Gasteiger partial charge on any atom is 0.236 e. The van der Waals surface area contributed by atoms with Crippen LogP contribution in [0, 0.1) is 5.82 Å². The Labute approximate surface area is 152 Å². The summed E-state index contributed by atoms with van der Waals surface area (Å²) < 4.78 is 65.7. The highest BCUT2D eigenvalue weighted by atomic mass is 32.2. The third-order valence-corrected chi connectivity index (χ3v) is 7.26. The van der Waals surface area contributed by atoms with E-state index < -0.39 is 25.9 Å². The van der Waals surface area contributed by atoms with Crippen LogP contribution in [0.2, 0.25) is 0 Å². The number of rotatable bonds is 7. The van der Waals surface area contributed by atoms with Crippen molar-refractivity contribution >= 4 is 25.7 Å². The summed E-state index contributed by atoms with van der Waals surface area (Å²) in [5.74, 6) is -1.11. The highest BCUT2D eigenvalue weighted by molar-refractivity contribution is 7.93. The van der Waals surface area contributed by atoms with E-state index >= 15 is 0 Å². The van der Waals surface area contributed by atoms with Gasteiger partial charge in [-0.25, -0.2) is 25.9 Å². The first kappa shape index (κ1) is 18.8. The zero-order valence-electron chi connectivity index (χ0n) is 13.9. The molecule has 1 heterocycles. The molecule has 140 valence electrons. The van der Waals surface area contributed by atoms with E-state index in [1.807, 2.05) is 12.1 Å². The van der Waals surface area contributed by atoms with Crippen molar-refractivity contribution in [1.82, 2.24) is 4.72 Å². The quantitative estimate of drug-likeness (QED) is 0.769. The van der Waals surface area contributed by atoms with Crippen LogP contribution < -0.4 is 9.03 Å². The maximum absolute atomic E-state index is 12.9. The number of nitrogens with one attached hydrogen (secondary N) is 1. The highest BCUT2D eigenvalue weighted by Gasteiger charge is 2.29. The van der Waals surface area contributed by atoms with E-state index in [0.29, 0.717) is 24.2 Å². The van der Waals surface area contributed by atoms with E-state index in [0.717, 1.165) is 5.56 Å². The molecule has 1 aliphatic rings. The number of sulfonamides is 2. The molecule has 0 atom stereocenters. The molecule has 2 aromatic rings. The summed E-state index contributed by atoms with van der Waals surface area (Å²) in [6.07, 6.45) is 0.645. The van der Waals surface area contributed by atoms with Crippen molar-refractivity contribution in [3.8, 4) is 0 Å². The molecule has 0 amide bonds. The second-order valence-corrected chi connectivity index (χ2v) is 9.87. The molecule has 0 saturated heterocycles. The predicted molar refractivity (Wildman–Crippen MR) is 98.3 cm³/mol. The Morgan fingerprint density at radius 2 is 1.69 bits per heavy atom. The Hall–Kier alpha value is -1.97. The molecule has 0 fully saturated rings. The van der Waals surface area contributed by atoms with Crippen LogP contribution in [0.25, 0.3) is 0 Å². The molecule has 26 heavy (non-hydrogen) atoms. The van der Waals surface area contributed by atoms with Crippen molar-refractivity contribution in [1.29, 1.82) is 0 Å². The lowest BCUT2D eigenvalue weighted by Gasteiger charge is -2.19. The minimum Gasteiger partial charge on any atom is -0.270 e. The van der Waals surface area contributed by atoms with E-state index in [1.165, 1.54) is 28.6 Å². The topological polar surface area (TPSA) is 83.5 Å². The fraction of sp³-hybridized carbons (Fsp3) is 0.294. The first-order valence-electron chi connectivity index (χ1n) is 8.07. The van der Waals surface area contributed by atoms with Gasteiger partial charge in [-0.1, -0.05) is 30.3 Å². The smallest absolute Gasteiger partial charge is 0.236 e. The summed E-state index contributed by atoms with van der Waals surface area (Å²) in [5, 5.41) is 0. The predicted octanol–water partition coefficient (Wildman–Crippen LogP) is 1.64. The molecule has 1 aliphatic heterocycles. The monoisotopic (exact) mass is 398 g/mol. The van der Waals surface area contributed by atoms with Gasteiger partial charge in [0.1, 0.15) is 5.82 Å². The largest absolute Gasteiger partial charge is 0.270 e. The SMILES string of the molecule is O=S(=O)(Cc1ccc(F)cc1)NCCS(=O)(=O)N1CCc2ccccc21. The van der Waals surface area contributed by atoms with Gasteiger partial charge >= 0.3 is 0 Å². The number of anilines is 1. The zero-order valence-corrected chi connectivity index (χ0v) is 15.6. The molecule has 0 unspecified atom stereocenters. The summed E-state index contributed by atoms with van der Waals surface area (Å²) in [6, 6.07) is 12.4. The zero-order chi connectivity index (χ0) is 18.8. The summed E-state index contributed by atoms with van der Waals surface area (Å²) in [6.45, 7) is 0.147. The van der Waals surface area contributed by atoms with Gasteiger partial charge in [0.05, 0.1) is 17.2 Å². The molecular formula is C17H19FN2O4S2. The van der Waals surface area contributed by atoms with Crippen molar-refractivity contribution in [2.24, 2.45) is 0 Å². The average molecular weight is 398 g/mol. The van der Waals surface area contributed by atoms with Crippen LogP contribution in [-0.2, 0) is 32.2 Å². The standard InChI is InChI=1S/C17H19FN2O4S2/c18-16-7-5-14(6-8-16)13-25(21,22)19-10-12-26(23,24)20-11-9-15-3-1-2-4-17(15)20/h1-8,19H,9-13H2. The fourth-order valence-electron chi connectivity index (χ4n) is 2.88. The molecule has 0 radical (unpaired) electrons. The molecule has 0 aromatic heterocycles. The number of fused-ring (bicyclic) bond motifs is 1. The van der Waals surface area contributed by atoms with Gasteiger partial charge in [0.25, 0.3) is 0 Å². The Bertz CT molecular complexity index is 990. The van der Waals surface area contributed by atoms with Crippen molar-refractivity contribution in [3.05, 3.63) is 65.5 Å². The van der Waals surface area contributed by atoms with Crippen molar-refractivity contribution in [3.63, 3.8) is 0 Å². The van der Waals surface area contributed by atoms with Crippen LogP contribution in [0.1, 0.15) is 11.1 Å². The van der Waals surface area contributed by atoms with E-state index in [2.05, 4.69) is 4.72 Å². The fourth-order valence-corrected chi connectivity index (χ4v) is 5.59. The van der Waals surface area contributed by atoms with Crippen molar-refractivity contribution < 1.29 is 21.2 Å². The second kappa shape index (κ2) is 7.34. The molecule has 9 heteroatoms. The van der Waals surface area contributed by atoms with E-state index in [9.17, 15) is 21.2 Å². The summed E-state index contributed by atoms with van der Waals surface area (Å²) in [5.41, 5.74) is 2.05. The Balaban J connectivity index is 1.59. The lowest BCUT2D eigenvalue weighted by atomic mass is 10.2. The van der Waals surface area contributed by atoms with Gasteiger partial charge in [0.15, 0.2) is 0 Å². The average Bonchev–Trinajstić information content (AvgIpc) is 3.01. The molecular weight excluding hydrogens is 379 g/mol. The van der Waals surface area contributed by atoms with Crippen LogP contribution in [0.4, 0.5) is 10.1 Å². The van der Waals surface area contributed by atoms with Crippen molar-refractivity contribution in [2.45, 2.75) is 12.2 Å². The Kier molecular flexibility index (Phi) is 5.31. The third-order valence-electron chi connectivity index (χ3n) is 4.13. The molecule has 0 bridgehead atoms. The highest BCUT2D eigenvalue weighted by Crippen LogP contribution is 2.29. The third kappa shape index (κ3) is 4.40. The maximum atomic E-state index is 12.9.